The van der Waals surface area contributed by atoms with Gasteiger partial charge in [0, 0.05) is 32.3 Å². The van der Waals surface area contributed by atoms with E-state index in [9.17, 15) is 9.59 Å². The first-order valence-electron chi connectivity index (χ1n) is 10.9. The highest BCUT2D eigenvalue weighted by Gasteiger charge is 2.46. The van der Waals surface area contributed by atoms with E-state index in [-0.39, 0.29) is 17.9 Å². The maximum atomic E-state index is 12.9. The highest BCUT2D eigenvalue weighted by molar-refractivity contribution is 5.87. The first-order chi connectivity index (χ1) is 15.1. The van der Waals surface area contributed by atoms with Gasteiger partial charge in [0.15, 0.2) is 0 Å². The lowest BCUT2D eigenvalue weighted by Gasteiger charge is -2.28. The Labute approximate surface area is 183 Å². The molecule has 1 N–H and O–H groups in total. The van der Waals surface area contributed by atoms with E-state index in [0.717, 1.165) is 35.3 Å². The van der Waals surface area contributed by atoms with Crippen LogP contribution in [0, 0.1) is 5.41 Å². The number of ether oxygens (including phenoxy) is 2. The minimum atomic E-state index is -0.616. The van der Waals surface area contributed by atoms with E-state index in [0.29, 0.717) is 32.5 Å². The Morgan fingerprint density at radius 3 is 2.65 bits per heavy atom. The average Bonchev–Trinajstić information content (AvgIpc) is 3.50. The second-order valence-electron chi connectivity index (χ2n) is 8.44. The summed E-state index contributed by atoms with van der Waals surface area (Å²) in [6.07, 6.45) is 2.59. The summed E-state index contributed by atoms with van der Waals surface area (Å²) >= 11 is 0. The molecule has 2 amide bonds. The zero-order valence-electron chi connectivity index (χ0n) is 18.2. The summed E-state index contributed by atoms with van der Waals surface area (Å²) in [7, 11) is 3.34. The number of hydrogen-bond acceptors (Lipinski definition) is 4. The lowest BCUT2D eigenvalue weighted by molar-refractivity contribution is -0.140. The fourth-order valence-corrected chi connectivity index (χ4v) is 4.79. The van der Waals surface area contributed by atoms with Crippen LogP contribution in [0.2, 0.25) is 0 Å². The molecule has 6 nitrogen and oxygen atoms in total. The molecule has 0 bridgehead atoms. The van der Waals surface area contributed by atoms with Crippen molar-refractivity contribution < 1.29 is 19.1 Å². The van der Waals surface area contributed by atoms with Crippen molar-refractivity contribution >= 4 is 11.8 Å². The number of likely N-dealkylation sites (tertiary alicyclic amines) is 1. The highest BCUT2D eigenvalue weighted by Crippen LogP contribution is 2.37. The lowest BCUT2D eigenvalue weighted by atomic mass is 9.79. The van der Waals surface area contributed by atoms with Gasteiger partial charge in [0.2, 0.25) is 5.91 Å². The SMILES string of the molecule is CNC(=O)[C@]1(Cc2ccc(-c3ccccc3OC)cc2)CCN(C(=O)[C@H]2CCCO2)C1. The van der Waals surface area contributed by atoms with Crippen molar-refractivity contribution in [1.82, 2.24) is 10.2 Å². The Hall–Kier alpha value is -2.86. The molecule has 6 heteroatoms. The quantitative estimate of drug-likeness (QED) is 0.777. The molecule has 0 aromatic heterocycles. The van der Waals surface area contributed by atoms with Gasteiger partial charge in [-0.2, -0.15) is 0 Å². The van der Waals surface area contributed by atoms with Crippen LogP contribution in [0.15, 0.2) is 48.5 Å². The van der Waals surface area contributed by atoms with Crippen LogP contribution >= 0.6 is 0 Å². The van der Waals surface area contributed by atoms with Gasteiger partial charge >= 0.3 is 0 Å². The maximum absolute atomic E-state index is 12.9. The molecule has 2 saturated heterocycles. The summed E-state index contributed by atoms with van der Waals surface area (Å²) in [4.78, 5) is 27.5. The minimum Gasteiger partial charge on any atom is -0.496 e. The van der Waals surface area contributed by atoms with Crippen LogP contribution in [0.25, 0.3) is 11.1 Å². The van der Waals surface area contributed by atoms with Crippen molar-refractivity contribution in [3.05, 3.63) is 54.1 Å². The summed E-state index contributed by atoms with van der Waals surface area (Å²) in [5.41, 5.74) is 2.56. The van der Waals surface area contributed by atoms with E-state index in [1.807, 2.05) is 29.2 Å². The molecule has 0 aliphatic carbocycles. The third-order valence-corrected chi connectivity index (χ3v) is 6.49. The molecule has 2 aromatic carbocycles. The molecule has 31 heavy (non-hydrogen) atoms. The fourth-order valence-electron chi connectivity index (χ4n) is 4.79. The number of nitrogens with one attached hydrogen (secondary N) is 1. The van der Waals surface area contributed by atoms with Crippen molar-refractivity contribution in [3.63, 3.8) is 0 Å². The first kappa shape index (κ1) is 21.4. The van der Waals surface area contributed by atoms with Crippen molar-refractivity contribution in [3.8, 4) is 16.9 Å². The topological polar surface area (TPSA) is 67.9 Å². The number of methoxy groups -OCH3 is 1. The Balaban J connectivity index is 1.52. The molecule has 2 aromatic rings. The van der Waals surface area contributed by atoms with Crippen molar-refractivity contribution in [2.45, 2.75) is 31.8 Å². The van der Waals surface area contributed by atoms with E-state index < -0.39 is 5.41 Å². The molecule has 0 spiro atoms. The second-order valence-corrected chi connectivity index (χ2v) is 8.44. The zero-order valence-corrected chi connectivity index (χ0v) is 18.2. The van der Waals surface area contributed by atoms with Gasteiger partial charge < -0.3 is 19.7 Å². The number of benzene rings is 2. The predicted molar refractivity (Wildman–Crippen MR) is 119 cm³/mol. The van der Waals surface area contributed by atoms with E-state index in [1.54, 1.807) is 14.2 Å². The van der Waals surface area contributed by atoms with Crippen LogP contribution in [-0.2, 0) is 20.7 Å². The molecule has 164 valence electrons. The third-order valence-electron chi connectivity index (χ3n) is 6.49. The Kier molecular flexibility index (Phi) is 6.28. The van der Waals surface area contributed by atoms with Gasteiger partial charge in [-0.05, 0) is 42.9 Å². The van der Waals surface area contributed by atoms with Crippen molar-refractivity contribution in [1.29, 1.82) is 0 Å². The number of hydrogen-bond donors (Lipinski definition) is 1. The van der Waals surface area contributed by atoms with Crippen LogP contribution in [0.5, 0.6) is 5.75 Å². The fraction of sp³-hybridized carbons (Fsp3) is 0.440. The van der Waals surface area contributed by atoms with Gasteiger partial charge in [0.25, 0.3) is 5.91 Å². The predicted octanol–water partition coefficient (Wildman–Crippen LogP) is 3.05. The summed E-state index contributed by atoms with van der Waals surface area (Å²) in [5.74, 6) is 0.843. The number of rotatable bonds is 6. The molecular weight excluding hydrogens is 392 g/mol. The van der Waals surface area contributed by atoms with Gasteiger partial charge in [0.1, 0.15) is 11.9 Å². The zero-order chi connectivity index (χ0) is 21.8. The lowest BCUT2D eigenvalue weighted by Crippen LogP contribution is -2.45. The molecule has 0 radical (unpaired) electrons. The Bertz CT molecular complexity index is 937. The summed E-state index contributed by atoms with van der Waals surface area (Å²) < 4.78 is 11.0. The Morgan fingerprint density at radius 2 is 1.97 bits per heavy atom. The molecule has 2 heterocycles. The minimum absolute atomic E-state index is 0.0102. The molecule has 2 atom stereocenters. The van der Waals surface area contributed by atoms with Gasteiger partial charge in [-0.25, -0.2) is 0 Å². The van der Waals surface area contributed by atoms with E-state index in [4.69, 9.17) is 9.47 Å². The first-order valence-corrected chi connectivity index (χ1v) is 10.9. The normalized spacial score (nSPS) is 23.0. The molecular formula is C25H30N2O4. The average molecular weight is 423 g/mol. The van der Waals surface area contributed by atoms with Crippen LogP contribution in [-0.4, -0.2) is 56.7 Å². The number of carbonyl (C=O) groups is 2. The van der Waals surface area contributed by atoms with E-state index >= 15 is 0 Å². The van der Waals surface area contributed by atoms with E-state index in [2.05, 4.69) is 29.6 Å². The number of nitrogens with zero attached hydrogens (tertiary/aromatic N) is 1. The molecule has 0 unspecified atom stereocenters. The van der Waals surface area contributed by atoms with E-state index in [1.165, 1.54) is 0 Å². The third kappa shape index (κ3) is 4.30. The van der Waals surface area contributed by atoms with Crippen LogP contribution in [0.1, 0.15) is 24.8 Å². The van der Waals surface area contributed by atoms with Gasteiger partial charge in [-0.3, -0.25) is 9.59 Å². The molecule has 2 aliphatic rings. The smallest absolute Gasteiger partial charge is 0.251 e. The maximum Gasteiger partial charge on any atom is 0.251 e. The molecule has 2 fully saturated rings. The second kappa shape index (κ2) is 9.10. The standard InChI is InChI=1S/C25H30N2O4/c1-26-24(29)25(13-14-27(17-25)23(28)22-8-5-15-31-22)16-18-9-11-19(12-10-18)20-6-3-4-7-21(20)30-2/h3-4,6-7,9-12,22H,5,8,13-17H2,1-2H3,(H,26,29)/t22-,25+/m1/s1. The molecule has 2 aliphatic heterocycles. The van der Waals surface area contributed by atoms with Crippen molar-refractivity contribution in [2.24, 2.45) is 5.41 Å². The Morgan fingerprint density at radius 1 is 1.19 bits per heavy atom. The van der Waals surface area contributed by atoms with Crippen molar-refractivity contribution in [2.75, 3.05) is 33.9 Å². The number of amides is 2. The molecule has 4 rings (SSSR count). The monoisotopic (exact) mass is 422 g/mol. The summed E-state index contributed by atoms with van der Waals surface area (Å²) in [5, 5.41) is 2.82. The van der Waals surface area contributed by atoms with Crippen LogP contribution in [0.4, 0.5) is 0 Å². The highest BCUT2D eigenvalue weighted by atomic mass is 16.5. The van der Waals surface area contributed by atoms with Gasteiger partial charge in [0.05, 0.1) is 12.5 Å². The number of carbonyl (C=O) groups excluding carboxylic acids is 2. The van der Waals surface area contributed by atoms with Gasteiger partial charge in [-0.1, -0.05) is 42.5 Å². The number of para-hydroxylation sites is 1. The van der Waals surface area contributed by atoms with Gasteiger partial charge in [-0.15, -0.1) is 0 Å². The summed E-state index contributed by atoms with van der Waals surface area (Å²) in [6.45, 7) is 1.66. The van der Waals surface area contributed by atoms with Crippen LogP contribution < -0.4 is 10.1 Å². The summed E-state index contributed by atoms with van der Waals surface area (Å²) in [6, 6.07) is 16.2. The van der Waals surface area contributed by atoms with Crippen LogP contribution in [0.3, 0.4) is 0 Å². The molecule has 0 saturated carbocycles. The largest absolute Gasteiger partial charge is 0.496 e.